The summed E-state index contributed by atoms with van der Waals surface area (Å²) in [5.41, 5.74) is 0.592. The third-order valence-corrected chi connectivity index (χ3v) is 4.21. The van der Waals surface area contributed by atoms with E-state index in [1.54, 1.807) is 38.1 Å². The second kappa shape index (κ2) is 9.04. The fraction of sp³-hybridized carbons (Fsp3) is 0.294. The van der Waals surface area contributed by atoms with Crippen LogP contribution in [-0.2, 0) is 9.53 Å². The van der Waals surface area contributed by atoms with E-state index < -0.39 is 11.2 Å². The highest BCUT2D eigenvalue weighted by Gasteiger charge is 2.17. The van der Waals surface area contributed by atoms with Gasteiger partial charge in [-0.1, -0.05) is 11.8 Å². The molecule has 0 fully saturated rings. The zero-order chi connectivity index (χ0) is 19.1. The van der Waals surface area contributed by atoms with Crippen molar-refractivity contribution in [3.63, 3.8) is 0 Å². The van der Waals surface area contributed by atoms with Crippen LogP contribution in [0.3, 0.4) is 0 Å². The average Bonchev–Trinajstić information content (AvgIpc) is 2.61. The molecule has 0 radical (unpaired) electrons. The van der Waals surface area contributed by atoms with Crippen molar-refractivity contribution in [2.45, 2.75) is 24.3 Å². The number of aromatic amines is 1. The molecule has 0 aliphatic heterocycles. The van der Waals surface area contributed by atoms with Crippen molar-refractivity contribution >= 4 is 29.3 Å². The molecule has 0 aliphatic rings. The van der Waals surface area contributed by atoms with E-state index in [2.05, 4.69) is 15.3 Å². The molecule has 1 heterocycles. The van der Waals surface area contributed by atoms with Crippen LogP contribution < -0.4 is 15.6 Å². The number of nitrogens with zero attached hydrogens (tertiary/aromatic N) is 1. The molecule has 0 saturated heterocycles. The standard InChI is InChI=1S/C17H19N3O5S/c1-4-25-16(23)11-5-7-12(8-6-11)18-15(22)10(2)26-17-19-13(21)9-14(20-17)24-3/h5-10H,4H2,1-3H3,(H,18,22)(H,19,20,21)/t10-/m0/s1. The minimum Gasteiger partial charge on any atom is -0.481 e. The molecule has 26 heavy (non-hydrogen) atoms. The van der Waals surface area contributed by atoms with Gasteiger partial charge in [-0.3, -0.25) is 9.59 Å². The minimum absolute atomic E-state index is 0.179. The summed E-state index contributed by atoms with van der Waals surface area (Å²) in [7, 11) is 1.41. The number of hydrogen-bond donors (Lipinski definition) is 2. The fourth-order valence-corrected chi connectivity index (χ4v) is 2.75. The number of benzene rings is 1. The Balaban J connectivity index is 1.99. The van der Waals surface area contributed by atoms with Crippen molar-refractivity contribution in [1.29, 1.82) is 0 Å². The van der Waals surface area contributed by atoms with Crippen LogP contribution in [-0.4, -0.2) is 40.8 Å². The van der Waals surface area contributed by atoms with Gasteiger partial charge < -0.3 is 19.8 Å². The molecule has 2 N–H and O–H groups in total. The molecule has 0 bridgehead atoms. The molecule has 0 unspecified atom stereocenters. The molecule has 9 heteroatoms. The number of methoxy groups -OCH3 is 1. The number of anilines is 1. The van der Waals surface area contributed by atoms with Crippen molar-refractivity contribution in [1.82, 2.24) is 9.97 Å². The Labute approximate surface area is 154 Å². The molecule has 1 amide bonds. The summed E-state index contributed by atoms with van der Waals surface area (Å²) in [6.45, 7) is 3.72. The number of thioether (sulfide) groups is 1. The van der Waals surface area contributed by atoms with E-state index in [1.165, 1.54) is 13.2 Å². The lowest BCUT2D eigenvalue weighted by molar-refractivity contribution is -0.115. The van der Waals surface area contributed by atoms with Gasteiger partial charge in [0.25, 0.3) is 5.56 Å². The lowest BCUT2D eigenvalue weighted by Crippen LogP contribution is -2.23. The van der Waals surface area contributed by atoms with Crippen LogP contribution in [0.2, 0.25) is 0 Å². The van der Waals surface area contributed by atoms with Crippen LogP contribution in [0.25, 0.3) is 0 Å². The van der Waals surface area contributed by atoms with E-state index in [9.17, 15) is 14.4 Å². The minimum atomic E-state index is -0.519. The summed E-state index contributed by atoms with van der Waals surface area (Å²) >= 11 is 1.10. The monoisotopic (exact) mass is 377 g/mol. The van der Waals surface area contributed by atoms with Crippen LogP contribution in [0.1, 0.15) is 24.2 Å². The smallest absolute Gasteiger partial charge is 0.338 e. The molecule has 1 aromatic heterocycles. The van der Waals surface area contributed by atoms with Gasteiger partial charge in [-0.2, -0.15) is 4.98 Å². The molecule has 2 aromatic rings. The van der Waals surface area contributed by atoms with Crippen LogP contribution in [0.5, 0.6) is 5.88 Å². The first kappa shape index (κ1) is 19.5. The maximum atomic E-state index is 12.3. The predicted molar refractivity (Wildman–Crippen MR) is 97.8 cm³/mol. The Morgan fingerprint density at radius 3 is 2.62 bits per heavy atom. The molecular formula is C17H19N3O5S. The lowest BCUT2D eigenvalue weighted by Gasteiger charge is -2.12. The van der Waals surface area contributed by atoms with Gasteiger partial charge >= 0.3 is 5.97 Å². The molecule has 2 rings (SSSR count). The Kier molecular flexibility index (Phi) is 6.79. The highest BCUT2D eigenvalue weighted by molar-refractivity contribution is 8.00. The van der Waals surface area contributed by atoms with Crippen LogP contribution in [0.4, 0.5) is 5.69 Å². The number of ether oxygens (including phenoxy) is 2. The van der Waals surface area contributed by atoms with E-state index in [-0.39, 0.29) is 22.5 Å². The number of esters is 1. The number of carbonyl (C=O) groups is 2. The van der Waals surface area contributed by atoms with E-state index in [4.69, 9.17) is 9.47 Å². The van der Waals surface area contributed by atoms with Crippen molar-refractivity contribution in [2.24, 2.45) is 0 Å². The maximum Gasteiger partial charge on any atom is 0.338 e. The van der Waals surface area contributed by atoms with Crippen LogP contribution in [0, 0.1) is 0 Å². The van der Waals surface area contributed by atoms with Gasteiger partial charge in [-0.25, -0.2) is 4.79 Å². The molecule has 0 saturated carbocycles. The second-order valence-electron chi connectivity index (χ2n) is 5.14. The zero-order valence-corrected chi connectivity index (χ0v) is 15.4. The van der Waals surface area contributed by atoms with Gasteiger partial charge in [-0.05, 0) is 38.1 Å². The zero-order valence-electron chi connectivity index (χ0n) is 14.6. The van der Waals surface area contributed by atoms with Crippen molar-refractivity contribution in [3.8, 4) is 5.88 Å². The number of nitrogens with one attached hydrogen (secondary N) is 2. The number of amides is 1. The van der Waals surface area contributed by atoms with Crippen molar-refractivity contribution < 1.29 is 19.1 Å². The highest BCUT2D eigenvalue weighted by atomic mass is 32.2. The van der Waals surface area contributed by atoms with E-state index in [0.717, 1.165) is 11.8 Å². The van der Waals surface area contributed by atoms with Crippen LogP contribution in [0.15, 0.2) is 40.3 Å². The van der Waals surface area contributed by atoms with Gasteiger partial charge in [0, 0.05) is 5.69 Å². The van der Waals surface area contributed by atoms with Crippen molar-refractivity contribution in [3.05, 3.63) is 46.2 Å². The quantitative estimate of drug-likeness (QED) is 0.432. The van der Waals surface area contributed by atoms with E-state index >= 15 is 0 Å². The third-order valence-electron chi connectivity index (χ3n) is 3.23. The molecule has 0 aliphatic carbocycles. The Hall–Kier alpha value is -2.81. The number of aromatic nitrogens is 2. The Bertz CT molecular complexity index is 835. The summed E-state index contributed by atoms with van der Waals surface area (Å²) in [6.07, 6.45) is 0. The first-order valence-corrected chi connectivity index (χ1v) is 8.71. The largest absolute Gasteiger partial charge is 0.481 e. The van der Waals surface area contributed by atoms with E-state index in [0.29, 0.717) is 17.9 Å². The van der Waals surface area contributed by atoms with Crippen LogP contribution >= 0.6 is 11.8 Å². The Morgan fingerprint density at radius 1 is 1.31 bits per heavy atom. The number of carbonyl (C=O) groups excluding carboxylic acids is 2. The Morgan fingerprint density at radius 2 is 2.00 bits per heavy atom. The van der Waals surface area contributed by atoms with E-state index in [1.807, 2.05) is 0 Å². The SMILES string of the molecule is CCOC(=O)c1ccc(NC(=O)[C@H](C)Sc2nc(OC)cc(=O)[nH]2)cc1. The first-order chi connectivity index (χ1) is 12.4. The maximum absolute atomic E-state index is 12.3. The molecule has 0 spiro atoms. The average molecular weight is 377 g/mol. The lowest BCUT2D eigenvalue weighted by atomic mass is 10.2. The first-order valence-electron chi connectivity index (χ1n) is 7.83. The predicted octanol–water partition coefficient (Wildman–Crippen LogP) is 2.07. The summed E-state index contributed by atoms with van der Waals surface area (Å²) in [6, 6.07) is 7.61. The summed E-state index contributed by atoms with van der Waals surface area (Å²) < 4.78 is 9.84. The molecule has 1 aromatic carbocycles. The van der Waals surface area contributed by atoms with Gasteiger partial charge in [0.1, 0.15) is 0 Å². The molecular weight excluding hydrogens is 358 g/mol. The highest BCUT2D eigenvalue weighted by Crippen LogP contribution is 2.21. The normalized spacial score (nSPS) is 11.5. The molecule has 8 nitrogen and oxygen atoms in total. The van der Waals surface area contributed by atoms with Crippen molar-refractivity contribution in [2.75, 3.05) is 19.0 Å². The van der Waals surface area contributed by atoms with Gasteiger partial charge in [0.2, 0.25) is 11.8 Å². The summed E-state index contributed by atoms with van der Waals surface area (Å²) in [4.78, 5) is 42.1. The summed E-state index contributed by atoms with van der Waals surface area (Å²) in [5.74, 6) is -0.509. The van der Waals surface area contributed by atoms with Gasteiger partial charge in [0.05, 0.1) is 30.6 Å². The second-order valence-corrected chi connectivity index (χ2v) is 6.47. The number of rotatable bonds is 7. The van der Waals surface area contributed by atoms with Gasteiger partial charge in [0.15, 0.2) is 5.16 Å². The third kappa shape index (κ3) is 5.35. The number of hydrogen-bond acceptors (Lipinski definition) is 7. The molecule has 1 atom stereocenters. The number of H-pyrrole nitrogens is 1. The molecule has 138 valence electrons. The fourth-order valence-electron chi connectivity index (χ4n) is 1.94. The summed E-state index contributed by atoms with van der Waals surface area (Å²) in [5, 5.41) is 2.51. The van der Waals surface area contributed by atoms with Gasteiger partial charge in [-0.15, -0.1) is 0 Å². The topological polar surface area (TPSA) is 110 Å².